The van der Waals surface area contributed by atoms with Gasteiger partial charge in [-0.25, -0.2) is 14.1 Å². The minimum Gasteiger partial charge on any atom is -0.274 e. The highest BCUT2D eigenvalue weighted by Gasteiger charge is 2.37. The van der Waals surface area contributed by atoms with Gasteiger partial charge < -0.3 is 0 Å². The van der Waals surface area contributed by atoms with Crippen molar-refractivity contribution >= 4 is 21.8 Å². The van der Waals surface area contributed by atoms with E-state index in [-0.39, 0.29) is 10.2 Å². The number of hydrogen-bond donors (Lipinski definition) is 0. The summed E-state index contributed by atoms with van der Waals surface area (Å²) in [7, 11) is 2.38. The molecular formula is C13H10BrF4N3O2. The van der Waals surface area contributed by atoms with Crippen molar-refractivity contribution in [2.75, 3.05) is 14.2 Å². The summed E-state index contributed by atoms with van der Waals surface area (Å²) in [4.78, 5) is 16.8. The molecule has 2 aromatic rings. The van der Waals surface area contributed by atoms with Crippen LogP contribution >= 0.6 is 15.9 Å². The molecule has 1 heterocycles. The van der Waals surface area contributed by atoms with Crippen LogP contribution in [0.15, 0.2) is 28.7 Å². The van der Waals surface area contributed by atoms with Crippen LogP contribution in [-0.4, -0.2) is 34.9 Å². The van der Waals surface area contributed by atoms with Crippen molar-refractivity contribution in [2.24, 2.45) is 0 Å². The largest absolute Gasteiger partial charge is 0.435 e. The molecule has 0 saturated heterocycles. The molecule has 10 heteroatoms. The smallest absolute Gasteiger partial charge is 0.274 e. The number of nitrogens with zero attached hydrogens (tertiary/aromatic N) is 3. The molecule has 23 heavy (non-hydrogen) atoms. The molecule has 0 aliphatic rings. The number of benzene rings is 1. The van der Waals surface area contributed by atoms with Crippen LogP contribution in [0.25, 0.3) is 5.69 Å². The SMILES string of the molecule is CON(C)C(=O)c1cc(C(F)(F)F)nn1-c1cccc(Br)c1F. The molecule has 124 valence electrons. The first-order valence-corrected chi connectivity index (χ1v) is 6.90. The van der Waals surface area contributed by atoms with Crippen molar-refractivity contribution in [2.45, 2.75) is 6.18 Å². The maximum absolute atomic E-state index is 14.2. The molecule has 5 nitrogen and oxygen atoms in total. The van der Waals surface area contributed by atoms with Crippen LogP contribution in [0.5, 0.6) is 0 Å². The Kier molecular flexibility index (Phi) is 4.76. The van der Waals surface area contributed by atoms with E-state index in [9.17, 15) is 22.4 Å². The van der Waals surface area contributed by atoms with Gasteiger partial charge in [-0.2, -0.15) is 18.3 Å². The van der Waals surface area contributed by atoms with Crippen molar-refractivity contribution in [3.63, 3.8) is 0 Å². The third-order valence-electron chi connectivity index (χ3n) is 2.94. The van der Waals surface area contributed by atoms with E-state index in [4.69, 9.17) is 0 Å². The molecule has 0 fully saturated rings. The number of carbonyl (C=O) groups excluding carboxylic acids is 1. The summed E-state index contributed by atoms with van der Waals surface area (Å²) in [6.45, 7) is 0. The summed E-state index contributed by atoms with van der Waals surface area (Å²) < 4.78 is 53.5. The fourth-order valence-electron chi connectivity index (χ4n) is 1.76. The van der Waals surface area contributed by atoms with Crippen molar-refractivity contribution in [3.05, 3.63) is 45.9 Å². The average Bonchev–Trinajstić information content (AvgIpc) is 2.93. The van der Waals surface area contributed by atoms with Crippen LogP contribution in [-0.2, 0) is 11.0 Å². The van der Waals surface area contributed by atoms with Gasteiger partial charge in [-0.05, 0) is 28.1 Å². The zero-order valence-electron chi connectivity index (χ0n) is 11.9. The molecule has 0 saturated carbocycles. The molecule has 1 aromatic carbocycles. The van der Waals surface area contributed by atoms with E-state index >= 15 is 0 Å². The van der Waals surface area contributed by atoms with Gasteiger partial charge in [-0.3, -0.25) is 9.63 Å². The summed E-state index contributed by atoms with van der Waals surface area (Å²) >= 11 is 2.94. The van der Waals surface area contributed by atoms with E-state index in [0.29, 0.717) is 15.8 Å². The number of aromatic nitrogens is 2. The molecular weight excluding hydrogens is 386 g/mol. The number of hydrogen-bond acceptors (Lipinski definition) is 3. The monoisotopic (exact) mass is 395 g/mol. The molecule has 0 aliphatic carbocycles. The van der Waals surface area contributed by atoms with Crippen LogP contribution in [0.4, 0.5) is 17.6 Å². The van der Waals surface area contributed by atoms with Gasteiger partial charge in [-0.15, -0.1) is 0 Å². The van der Waals surface area contributed by atoms with Gasteiger partial charge in [0, 0.05) is 13.1 Å². The number of rotatable bonds is 3. The van der Waals surface area contributed by atoms with E-state index in [1.807, 2.05) is 0 Å². The van der Waals surface area contributed by atoms with Crippen LogP contribution < -0.4 is 0 Å². The number of amides is 1. The van der Waals surface area contributed by atoms with Crippen LogP contribution in [0.3, 0.4) is 0 Å². The minimum atomic E-state index is -4.78. The van der Waals surface area contributed by atoms with Gasteiger partial charge in [0.05, 0.1) is 11.6 Å². The summed E-state index contributed by atoms with van der Waals surface area (Å²) in [6.07, 6.45) is -4.78. The molecule has 1 amide bonds. The molecule has 0 aliphatic heterocycles. The quantitative estimate of drug-likeness (QED) is 0.590. The second-order valence-corrected chi connectivity index (χ2v) is 5.24. The normalized spacial score (nSPS) is 11.6. The predicted molar refractivity (Wildman–Crippen MR) is 75.3 cm³/mol. The number of hydroxylamine groups is 2. The molecule has 0 atom stereocenters. The maximum Gasteiger partial charge on any atom is 0.435 e. The summed E-state index contributed by atoms with van der Waals surface area (Å²) in [6, 6.07) is 4.52. The maximum atomic E-state index is 14.2. The van der Waals surface area contributed by atoms with E-state index in [0.717, 1.165) is 0 Å². The highest BCUT2D eigenvalue weighted by Crippen LogP contribution is 2.31. The Balaban J connectivity index is 2.68. The number of halogens is 5. The number of carbonyl (C=O) groups is 1. The first kappa shape index (κ1) is 17.4. The third-order valence-corrected chi connectivity index (χ3v) is 3.55. The van der Waals surface area contributed by atoms with Gasteiger partial charge >= 0.3 is 6.18 Å². The first-order chi connectivity index (χ1) is 10.7. The van der Waals surface area contributed by atoms with Crippen molar-refractivity contribution < 1.29 is 27.2 Å². The zero-order valence-corrected chi connectivity index (χ0v) is 13.4. The molecule has 2 rings (SSSR count). The van der Waals surface area contributed by atoms with Gasteiger partial charge in [0.1, 0.15) is 11.4 Å². The Hall–Kier alpha value is -1.94. The molecule has 0 N–H and O–H groups in total. The molecule has 0 unspecified atom stereocenters. The van der Waals surface area contributed by atoms with Crippen LogP contribution in [0, 0.1) is 5.82 Å². The van der Waals surface area contributed by atoms with Crippen molar-refractivity contribution in [1.29, 1.82) is 0 Å². The fraction of sp³-hybridized carbons (Fsp3) is 0.231. The van der Waals surface area contributed by atoms with E-state index in [1.54, 1.807) is 0 Å². The molecule has 1 aromatic heterocycles. The van der Waals surface area contributed by atoms with Crippen LogP contribution in [0.1, 0.15) is 16.2 Å². The fourth-order valence-corrected chi connectivity index (χ4v) is 2.11. The van der Waals surface area contributed by atoms with Gasteiger partial charge in [0.2, 0.25) is 0 Å². The van der Waals surface area contributed by atoms with Gasteiger partial charge in [-0.1, -0.05) is 6.07 Å². The zero-order chi connectivity index (χ0) is 17.4. The lowest BCUT2D eigenvalue weighted by atomic mass is 10.3. The second-order valence-electron chi connectivity index (χ2n) is 4.38. The topological polar surface area (TPSA) is 47.4 Å². The first-order valence-electron chi connectivity index (χ1n) is 6.10. The summed E-state index contributed by atoms with van der Waals surface area (Å²) in [5.41, 5.74) is -2.11. The van der Waals surface area contributed by atoms with E-state index < -0.39 is 29.3 Å². The summed E-state index contributed by atoms with van der Waals surface area (Å²) in [5.74, 6) is -1.76. The Morgan fingerprint density at radius 2 is 2.04 bits per heavy atom. The molecule has 0 spiro atoms. The summed E-state index contributed by atoms with van der Waals surface area (Å²) in [5, 5.41) is 4.03. The minimum absolute atomic E-state index is 0.0255. The average molecular weight is 396 g/mol. The Labute approximate surface area is 136 Å². The molecule has 0 bridgehead atoms. The van der Waals surface area contributed by atoms with Crippen molar-refractivity contribution in [1.82, 2.24) is 14.8 Å². The second kappa shape index (κ2) is 6.28. The van der Waals surface area contributed by atoms with E-state index in [2.05, 4.69) is 25.9 Å². The lowest BCUT2D eigenvalue weighted by Crippen LogP contribution is -2.27. The lowest BCUT2D eigenvalue weighted by molar-refractivity contribution is -0.141. The Bertz CT molecular complexity index is 745. The van der Waals surface area contributed by atoms with Crippen LogP contribution in [0.2, 0.25) is 0 Å². The highest BCUT2D eigenvalue weighted by atomic mass is 79.9. The molecule has 0 radical (unpaired) electrons. The van der Waals surface area contributed by atoms with Gasteiger partial charge in [0.25, 0.3) is 5.91 Å². The number of alkyl halides is 3. The third kappa shape index (κ3) is 3.37. The Morgan fingerprint density at radius 3 is 2.61 bits per heavy atom. The van der Waals surface area contributed by atoms with Gasteiger partial charge in [0.15, 0.2) is 11.5 Å². The predicted octanol–water partition coefficient (Wildman–Crippen LogP) is 3.43. The van der Waals surface area contributed by atoms with E-state index in [1.165, 1.54) is 32.4 Å². The van der Waals surface area contributed by atoms with Crippen molar-refractivity contribution in [3.8, 4) is 5.69 Å². The highest BCUT2D eigenvalue weighted by molar-refractivity contribution is 9.10. The Morgan fingerprint density at radius 1 is 1.39 bits per heavy atom. The lowest BCUT2D eigenvalue weighted by Gasteiger charge is -2.15. The standard InChI is InChI=1S/C13H10BrF4N3O2/c1-20(23-2)12(22)9-6-10(13(16,17)18)19-21(9)8-5-3-4-7(14)11(8)15/h3-6H,1-2H3.